The number of fused-ring (bicyclic) bond motifs is 2. The third-order valence-electron chi connectivity index (χ3n) is 6.69. The van der Waals surface area contributed by atoms with Gasteiger partial charge in [0.25, 0.3) is 0 Å². The van der Waals surface area contributed by atoms with E-state index in [1.54, 1.807) is 0 Å². The second-order valence-corrected chi connectivity index (χ2v) is 10.3. The number of hydrogen-bond acceptors (Lipinski definition) is 5. The van der Waals surface area contributed by atoms with Gasteiger partial charge in [-0.15, -0.1) is 0 Å². The molecule has 1 amide bonds. The largest absolute Gasteiger partial charge is 0.494 e. The van der Waals surface area contributed by atoms with Crippen molar-refractivity contribution in [1.29, 1.82) is 0 Å². The van der Waals surface area contributed by atoms with Gasteiger partial charge in [-0.05, 0) is 71.3 Å². The van der Waals surface area contributed by atoms with E-state index in [-0.39, 0.29) is 24.8 Å². The molecule has 182 valence electrons. The summed E-state index contributed by atoms with van der Waals surface area (Å²) in [6, 6.07) is 15.4. The number of nitrogens with zero attached hydrogens (tertiary/aromatic N) is 1. The van der Waals surface area contributed by atoms with Crippen LogP contribution in [0.3, 0.4) is 0 Å². The Labute approximate surface area is 219 Å². The Bertz CT molecular complexity index is 1170. The summed E-state index contributed by atoms with van der Waals surface area (Å²) in [4.78, 5) is 15.2. The van der Waals surface area contributed by atoms with E-state index in [9.17, 15) is 4.79 Å². The van der Waals surface area contributed by atoms with Gasteiger partial charge < -0.3 is 19.9 Å². The lowest BCUT2D eigenvalue weighted by molar-refractivity contribution is 0.134. The quantitative estimate of drug-likeness (QED) is 0.350. The second kappa shape index (κ2) is 10.5. The SMILES string of the molecule is Cc1ccc(OC(=O)N2CCC3=C(NC4C=CC(I)=CC34)C2c2ccc(OCCCO)cc2)cc1. The molecule has 0 aromatic heterocycles. The lowest BCUT2D eigenvalue weighted by Crippen LogP contribution is -2.43. The van der Waals surface area contributed by atoms with Crippen molar-refractivity contribution in [3.63, 3.8) is 0 Å². The number of carbonyl (C=O) groups is 1. The molecule has 3 atom stereocenters. The summed E-state index contributed by atoms with van der Waals surface area (Å²) < 4.78 is 12.7. The predicted molar refractivity (Wildman–Crippen MR) is 144 cm³/mol. The van der Waals surface area contributed by atoms with Crippen molar-refractivity contribution in [1.82, 2.24) is 10.2 Å². The highest BCUT2D eigenvalue weighted by Crippen LogP contribution is 2.45. The standard InChI is InChI=1S/C28H29IN2O4/c1-18-3-8-22(9-4-18)35-28(33)31-14-13-23-24-17-20(29)7-12-25(24)30-26(23)27(31)19-5-10-21(11-6-19)34-16-2-15-32/h3-12,17,24-25,27,30,32H,2,13-16H2,1H3. The first kappa shape index (κ1) is 23.9. The minimum Gasteiger partial charge on any atom is -0.494 e. The lowest BCUT2D eigenvalue weighted by atomic mass is 9.85. The number of aliphatic hydroxyl groups is 1. The fourth-order valence-electron chi connectivity index (χ4n) is 4.94. The molecular weight excluding hydrogens is 555 g/mol. The number of hydrogen-bond donors (Lipinski definition) is 2. The summed E-state index contributed by atoms with van der Waals surface area (Å²) in [6.07, 6.45) is 7.71. The fraction of sp³-hybridized carbons (Fsp3) is 0.321. The van der Waals surface area contributed by atoms with Crippen LogP contribution in [0.5, 0.6) is 11.5 Å². The van der Waals surface area contributed by atoms with Crippen LogP contribution < -0.4 is 14.8 Å². The molecule has 3 unspecified atom stereocenters. The molecule has 6 nitrogen and oxygen atoms in total. The molecule has 7 heteroatoms. The summed E-state index contributed by atoms with van der Waals surface area (Å²) >= 11 is 2.37. The summed E-state index contributed by atoms with van der Waals surface area (Å²) in [6.45, 7) is 3.16. The van der Waals surface area contributed by atoms with E-state index in [0.29, 0.717) is 31.2 Å². The number of nitrogens with one attached hydrogen (secondary N) is 1. The average molecular weight is 584 g/mol. The molecule has 0 saturated heterocycles. The highest BCUT2D eigenvalue weighted by Gasteiger charge is 2.43. The van der Waals surface area contributed by atoms with E-state index in [4.69, 9.17) is 14.6 Å². The third-order valence-corrected chi connectivity index (χ3v) is 7.41. The summed E-state index contributed by atoms with van der Waals surface area (Å²) in [5.41, 5.74) is 4.57. The topological polar surface area (TPSA) is 71.0 Å². The first-order valence-corrected chi connectivity index (χ1v) is 13.0. The van der Waals surface area contributed by atoms with Crippen LogP contribution >= 0.6 is 22.6 Å². The Kier molecular flexibility index (Phi) is 7.15. The van der Waals surface area contributed by atoms with Crippen LogP contribution in [0.1, 0.15) is 30.0 Å². The first-order chi connectivity index (χ1) is 17.0. The lowest BCUT2D eigenvalue weighted by Gasteiger charge is -2.37. The van der Waals surface area contributed by atoms with E-state index in [1.165, 1.54) is 9.15 Å². The Morgan fingerprint density at radius 2 is 1.89 bits per heavy atom. The van der Waals surface area contributed by atoms with Gasteiger partial charge in [-0.2, -0.15) is 0 Å². The molecule has 0 spiro atoms. The molecule has 2 heterocycles. The molecule has 0 fully saturated rings. The van der Waals surface area contributed by atoms with Gasteiger partial charge in [-0.1, -0.05) is 48.1 Å². The molecule has 0 bridgehead atoms. The third kappa shape index (κ3) is 5.11. The van der Waals surface area contributed by atoms with Crippen LogP contribution in [-0.4, -0.2) is 41.9 Å². The maximum atomic E-state index is 13.4. The second-order valence-electron chi connectivity index (χ2n) is 9.07. The van der Waals surface area contributed by atoms with E-state index >= 15 is 0 Å². The first-order valence-electron chi connectivity index (χ1n) is 12.0. The normalized spacial score (nSPS) is 22.8. The number of carbonyl (C=O) groups excluding carboxylic acids is 1. The number of benzene rings is 2. The van der Waals surface area contributed by atoms with Gasteiger partial charge in [0.2, 0.25) is 0 Å². The van der Waals surface area contributed by atoms with Gasteiger partial charge >= 0.3 is 6.09 Å². The van der Waals surface area contributed by atoms with Gasteiger partial charge in [-0.25, -0.2) is 4.79 Å². The molecule has 2 aromatic rings. The Balaban J connectivity index is 1.45. The van der Waals surface area contributed by atoms with E-state index in [1.807, 2.05) is 60.4 Å². The molecule has 1 aliphatic carbocycles. The fourth-order valence-corrected chi connectivity index (χ4v) is 5.54. The maximum Gasteiger partial charge on any atom is 0.416 e. The van der Waals surface area contributed by atoms with Crippen LogP contribution in [0.25, 0.3) is 0 Å². The molecule has 0 saturated carbocycles. The van der Waals surface area contributed by atoms with Gasteiger partial charge in [-0.3, -0.25) is 4.90 Å². The highest BCUT2D eigenvalue weighted by atomic mass is 127. The van der Waals surface area contributed by atoms with Crippen molar-refractivity contribution in [3.8, 4) is 11.5 Å². The number of halogens is 1. The monoisotopic (exact) mass is 584 g/mol. The predicted octanol–water partition coefficient (Wildman–Crippen LogP) is 5.43. The molecule has 35 heavy (non-hydrogen) atoms. The van der Waals surface area contributed by atoms with E-state index in [0.717, 1.165) is 29.0 Å². The number of rotatable bonds is 6. The Morgan fingerprint density at radius 3 is 2.63 bits per heavy atom. The molecule has 3 aliphatic rings. The van der Waals surface area contributed by atoms with Crippen molar-refractivity contribution < 1.29 is 19.4 Å². The average Bonchev–Trinajstić information content (AvgIpc) is 3.23. The number of allylic oxidation sites excluding steroid dienone is 2. The molecule has 2 aromatic carbocycles. The van der Waals surface area contributed by atoms with Crippen LogP contribution in [0, 0.1) is 12.8 Å². The van der Waals surface area contributed by atoms with Crippen molar-refractivity contribution in [2.75, 3.05) is 19.8 Å². The van der Waals surface area contributed by atoms with E-state index in [2.05, 4.69) is 46.1 Å². The van der Waals surface area contributed by atoms with Crippen LogP contribution in [0.4, 0.5) is 4.79 Å². The molecule has 2 aliphatic heterocycles. The van der Waals surface area contributed by atoms with Crippen molar-refractivity contribution in [2.24, 2.45) is 5.92 Å². The van der Waals surface area contributed by atoms with Crippen LogP contribution in [-0.2, 0) is 0 Å². The molecule has 5 rings (SSSR count). The van der Waals surface area contributed by atoms with Gasteiger partial charge in [0.15, 0.2) is 0 Å². The van der Waals surface area contributed by atoms with Crippen LogP contribution in [0.15, 0.2) is 81.6 Å². The maximum absolute atomic E-state index is 13.4. The zero-order chi connectivity index (χ0) is 24.4. The summed E-state index contributed by atoms with van der Waals surface area (Å²) in [5.74, 6) is 1.59. The minimum atomic E-state index is -0.356. The van der Waals surface area contributed by atoms with E-state index < -0.39 is 0 Å². The molecule has 2 N–H and O–H groups in total. The van der Waals surface area contributed by atoms with Gasteiger partial charge in [0, 0.05) is 34.8 Å². The Morgan fingerprint density at radius 1 is 1.14 bits per heavy atom. The highest BCUT2D eigenvalue weighted by molar-refractivity contribution is 14.1. The van der Waals surface area contributed by atoms with Crippen molar-refractivity contribution >= 4 is 28.7 Å². The summed E-state index contributed by atoms with van der Waals surface area (Å²) in [5, 5.41) is 12.7. The van der Waals surface area contributed by atoms with Gasteiger partial charge in [0.05, 0.1) is 12.6 Å². The summed E-state index contributed by atoms with van der Waals surface area (Å²) in [7, 11) is 0. The smallest absolute Gasteiger partial charge is 0.416 e. The van der Waals surface area contributed by atoms with Gasteiger partial charge in [0.1, 0.15) is 17.5 Å². The number of ether oxygens (including phenoxy) is 2. The molecular formula is C28H29IN2O4. The number of amides is 1. The molecule has 0 radical (unpaired) electrons. The zero-order valence-corrected chi connectivity index (χ0v) is 21.8. The van der Waals surface area contributed by atoms with Crippen molar-refractivity contribution in [3.05, 3.63) is 92.7 Å². The Hall–Kier alpha value is -2.78. The number of aliphatic hydroxyl groups excluding tert-OH is 1. The van der Waals surface area contributed by atoms with Crippen LogP contribution in [0.2, 0.25) is 0 Å². The number of aryl methyl sites for hydroxylation is 1. The van der Waals surface area contributed by atoms with Crippen molar-refractivity contribution in [2.45, 2.75) is 31.8 Å². The zero-order valence-electron chi connectivity index (χ0n) is 19.6. The minimum absolute atomic E-state index is 0.102.